The van der Waals surface area contributed by atoms with Gasteiger partial charge in [0.1, 0.15) is 17.4 Å². The quantitative estimate of drug-likeness (QED) is 0.911. The summed E-state index contributed by atoms with van der Waals surface area (Å²) in [6.45, 7) is 1.60. The van der Waals surface area contributed by atoms with Crippen LogP contribution in [0.3, 0.4) is 0 Å². The molecule has 2 rings (SSSR count). The fraction of sp³-hybridized carbons (Fsp3) is 0.250. The van der Waals surface area contributed by atoms with Gasteiger partial charge in [-0.05, 0) is 43.8 Å². The van der Waals surface area contributed by atoms with E-state index in [-0.39, 0.29) is 5.56 Å². The van der Waals surface area contributed by atoms with Crippen LogP contribution < -0.4 is 10.1 Å². The summed E-state index contributed by atoms with van der Waals surface area (Å²) in [6, 6.07) is 6.96. The van der Waals surface area contributed by atoms with Crippen LogP contribution in [-0.2, 0) is 0 Å². The van der Waals surface area contributed by atoms with Gasteiger partial charge >= 0.3 is 0 Å². The van der Waals surface area contributed by atoms with Crippen molar-refractivity contribution in [3.05, 3.63) is 63.7 Å². The first-order valence-corrected chi connectivity index (χ1v) is 6.82. The summed E-state index contributed by atoms with van der Waals surface area (Å²) in [5.74, 6) is -0.671. The molecule has 21 heavy (non-hydrogen) atoms. The third-order valence-corrected chi connectivity index (χ3v) is 3.63. The molecule has 1 N–H and O–H groups in total. The Hall–Kier alpha value is -1.65. The molecule has 2 aromatic rings. The average molecular weight is 312 g/mol. The van der Waals surface area contributed by atoms with Crippen LogP contribution in [0.25, 0.3) is 0 Å². The van der Waals surface area contributed by atoms with Gasteiger partial charge in [-0.3, -0.25) is 0 Å². The lowest BCUT2D eigenvalue weighted by Crippen LogP contribution is -2.21. The first kappa shape index (κ1) is 15.7. The summed E-state index contributed by atoms with van der Waals surface area (Å²) in [6.07, 6.45) is 0. The normalized spacial score (nSPS) is 12.3. The second-order valence-corrected chi connectivity index (χ2v) is 5.14. The Balaban J connectivity index is 2.66. The average Bonchev–Trinajstić information content (AvgIpc) is 2.47. The molecule has 0 heterocycles. The maximum Gasteiger partial charge on any atom is 0.134 e. The van der Waals surface area contributed by atoms with Crippen LogP contribution in [0.1, 0.15) is 22.7 Å². The van der Waals surface area contributed by atoms with Crippen LogP contribution in [0.4, 0.5) is 8.78 Å². The fourth-order valence-electron chi connectivity index (χ4n) is 2.33. The molecule has 0 aromatic heterocycles. The van der Waals surface area contributed by atoms with E-state index in [0.717, 1.165) is 0 Å². The molecule has 0 bridgehead atoms. The van der Waals surface area contributed by atoms with Crippen LogP contribution >= 0.6 is 11.6 Å². The van der Waals surface area contributed by atoms with Crippen LogP contribution in [0, 0.1) is 18.6 Å². The number of hydrogen-bond acceptors (Lipinski definition) is 2. The van der Waals surface area contributed by atoms with Gasteiger partial charge in [-0.2, -0.15) is 0 Å². The molecule has 0 aliphatic rings. The maximum absolute atomic E-state index is 14.4. The first-order chi connectivity index (χ1) is 9.99. The topological polar surface area (TPSA) is 21.3 Å². The summed E-state index contributed by atoms with van der Waals surface area (Å²) >= 11 is 6.00. The predicted octanol–water partition coefficient (Wildman–Crippen LogP) is 4.24. The van der Waals surface area contributed by atoms with Crippen molar-refractivity contribution in [2.45, 2.75) is 13.0 Å². The molecule has 2 nitrogen and oxygen atoms in total. The molecular formula is C16H16ClF2NO. The molecule has 0 radical (unpaired) electrons. The van der Waals surface area contributed by atoms with Crippen molar-refractivity contribution in [1.82, 2.24) is 5.32 Å². The predicted molar refractivity (Wildman–Crippen MR) is 80.0 cm³/mol. The van der Waals surface area contributed by atoms with E-state index in [1.807, 2.05) is 0 Å². The van der Waals surface area contributed by atoms with Crippen molar-refractivity contribution in [1.29, 1.82) is 0 Å². The fourth-order valence-corrected chi connectivity index (χ4v) is 2.51. The summed E-state index contributed by atoms with van der Waals surface area (Å²) in [4.78, 5) is 0. The number of halogens is 3. The molecule has 112 valence electrons. The van der Waals surface area contributed by atoms with Crippen molar-refractivity contribution in [2.75, 3.05) is 14.2 Å². The van der Waals surface area contributed by atoms with Gasteiger partial charge in [0.15, 0.2) is 0 Å². The second-order valence-electron chi connectivity index (χ2n) is 4.70. The molecule has 0 aliphatic carbocycles. The van der Waals surface area contributed by atoms with Crippen molar-refractivity contribution in [3.8, 4) is 5.75 Å². The zero-order valence-electron chi connectivity index (χ0n) is 12.0. The molecule has 2 aromatic carbocycles. The molecule has 1 unspecified atom stereocenters. The van der Waals surface area contributed by atoms with E-state index in [1.54, 1.807) is 32.2 Å². The summed E-state index contributed by atoms with van der Waals surface area (Å²) < 4.78 is 33.8. The summed E-state index contributed by atoms with van der Waals surface area (Å²) in [5.41, 5.74) is 0.918. The molecule has 0 fully saturated rings. The van der Waals surface area contributed by atoms with Crippen molar-refractivity contribution >= 4 is 11.6 Å². The van der Waals surface area contributed by atoms with Crippen LogP contribution in [0.5, 0.6) is 5.75 Å². The van der Waals surface area contributed by atoms with Gasteiger partial charge in [-0.15, -0.1) is 0 Å². The molecule has 0 aliphatic heterocycles. The monoisotopic (exact) mass is 311 g/mol. The number of methoxy groups -OCH3 is 1. The number of hydrogen-bond donors (Lipinski definition) is 1. The van der Waals surface area contributed by atoms with Gasteiger partial charge in [-0.25, -0.2) is 8.78 Å². The molecule has 0 spiro atoms. The first-order valence-electron chi connectivity index (χ1n) is 6.44. The molecular weight excluding hydrogens is 296 g/mol. The van der Waals surface area contributed by atoms with Gasteiger partial charge in [0.2, 0.25) is 0 Å². The zero-order valence-corrected chi connectivity index (χ0v) is 12.8. The minimum absolute atomic E-state index is 0.0435. The Labute approximate surface area is 127 Å². The lowest BCUT2D eigenvalue weighted by Gasteiger charge is -2.22. The number of nitrogens with one attached hydrogen (secondary N) is 1. The highest BCUT2D eigenvalue weighted by Crippen LogP contribution is 2.35. The third kappa shape index (κ3) is 3.01. The lowest BCUT2D eigenvalue weighted by molar-refractivity contribution is 0.403. The van der Waals surface area contributed by atoms with Crippen molar-refractivity contribution < 1.29 is 13.5 Å². The second kappa shape index (κ2) is 6.41. The third-order valence-electron chi connectivity index (χ3n) is 3.40. The van der Waals surface area contributed by atoms with Crippen molar-refractivity contribution in [2.24, 2.45) is 0 Å². The van der Waals surface area contributed by atoms with Crippen LogP contribution in [0.15, 0.2) is 30.3 Å². The Morgan fingerprint density at radius 1 is 1.19 bits per heavy atom. The lowest BCUT2D eigenvalue weighted by atomic mass is 9.95. The van der Waals surface area contributed by atoms with E-state index in [1.165, 1.54) is 19.2 Å². The minimum atomic E-state index is -0.696. The summed E-state index contributed by atoms with van der Waals surface area (Å²) in [5, 5.41) is 3.40. The number of benzene rings is 2. The number of aryl methyl sites for hydroxylation is 1. The molecule has 1 atom stereocenters. The number of rotatable bonds is 4. The van der Waals surface area contributed by atoms with Gasteiger partial charge in [-0.1, -0.05) is 17.7 Å². The standard InChI is InChI=1S/C16H16ClF2NO/c1-9-4-6-12(18)14(15(9)19)16(20-2)11-8-10(17)5-7-13(11)21-3/h4-8,16,20H,1-3H3. The van der Waals surface area contributed by atoms with Crippen LogP contribution in [0.2, 0.25) is 5.02 Å². The molecule has 0 saturated carbocycles. The Bertz CT molecular complexity index is 661. The SMILES string of the molecule is CNC(c1cc(Cl)ccc1OC)c1c(F)ccc(C)c1F. The van der Waals surface area contributed by atoms with Gasteiger partial charge in [0.05, 0.1) is 13.2 Å². The van der Waals surface area contributed by atoms with E-state index in [2.05, 4.69) is 5.32 Å². The highest BCUT2D eigenvalue weighted by Gasteiger charge is 2.24. The number of ether oxygens (including phenoxy) is 1. The molecule has 0 saturated heterocycles. The highest BCUT2D eigenvalue weighted by molar-refractivity contribution is 6.30. The van der Waals surface area contributed by atoms with Gasteiger partial charge in [0, 0.05) is 16.1 Å². The van der Waals surface area contributed by atoms with E-state index in [9.17, 15) is 8.78 Å². The summed E-state index contributed by atoms with van der Waals surface area (Å²) in [7, 11) is 3.13. The Morgan fingerprint density at radius 2 is 1.90 bits per heavy atom. The van der Waals surface area contributed by atoms with Crippen molar-refractivity contribution in [3.63, 3.8) is 0 Å². The molecule has 0 amide bonds. The smallest absolute Gasteiger partial charge is 0.134 e. The molecule has 5 heteroatoms. The van der Waals surface area contributed by atoms with Crippen LogP contribution in [-0.4, -0.2) is 14.2 Å². The largest absolute Gasteiger partial charge is 0.496 e. The maximum atomic E-state index is 14.4. The minimum Gasteiger partial charge on any atom is -0.496 e. The Kier molecular flexibility index (Phi) is 4.80. The Morgan fingerprint density at radius 3 is 2.52 bits per heavy atom. The van der Waals surface area contributed by atoms with E-state index in [0.29, 0.717) is 21.9 Å². The van der Waals surface area contributed by atoms with E-state index >= 15 is 0 Å². The highest BCUT2D eigenvalue weighted by atomic mass is 35.5. The van der Waals surface area contributed by atoms with Gasteiger partial charge in [0.25, 0.3) is 0 Å². The zero-order chi connectivity index (χ0) is 15.6. The van der Waals surface area contributed by atoms with E-state index < -0.39 is 17.7 Å². The van der Waals surface area contributed by atoms with Gasteiger partial charge < -0.3 is 10.1 Å². The van der Waals surface area contributed by atoms with E-state index in [4.69, 9.17) is 16.3 Å².